The summed E-state index contributed by atoms with van der Waals surface area (Å²) in [6.07, 6.45) is 1.86. The van der Waals surface area contributed by atoms with Crippen molar-refractivity contribution in [1.29, 1.82) is 0 Å². The normalized spacial score (nSPS) is 11.2. The highest BCUT2D eigenvalue weighted by Crippen LogP contribution is 2.34. The van der Waals surface area contributed by atoms with Crippen LogP contribution in [0.1, 0.15) is 42.6 Å². The van der Waals surface area contributed by atoms with Gasteiger partial charge in [-0.3, -0.25) is 4.79 Å². The van der Waals surface area contributed by atoms with Crippen molar-refractivity contribution >= 4 is 34.8 Å². The number of halogens is 7. The molecule has 0 saturated carbocycles. The molecule has 2 heterocycles. The Morgan fingerprint density at radius 1 is 1.02 bits per heavy atom. The van der Waals surface area contributed by atoms with Crippen LogP contribution in [-0.4, -0.2) is 27.3 Å². The Hall–Kier alpha value is -5.39. The molecule has 1 amide bonds. The van der Waals surface area contributed by atoms with Gasteiger partial charge < -0.3 is 19.2 Å². The van der Waals surface area contributed by atoms with E-state index in [9.17, 15) is 31.5 Å². The van der Waals surface area contributed by atoms with Crippen molar-refractivity contribution in [2.24, 2.45) is 0 Å². The Labute approximate surface area is 291 Å². The maximum Gasteiger partial charge on any atom is 0.442 e. The molecule has 0 atom stereocenters. The molecule has 0 aliphatic rings. The fraction of sp³-hybridized carbons (Fsp3) is 0.176. The number of rotatable bonds is 7. The van der Waals surface area contributed by atoms with Crippen molar-refractivity contribution in [2.75, 3.05) is 11.9 Å². The Morgan fingerprint density at radius 3 is 2.40 bits per heavy atom. The summed E-state index contributed by atoms with van der Waals surface area (Å²) in [5.41, 5.74) is -1.46. The van der Waals surface area contributed by atoms with E-state index in [1.54, 1.807) is 0 Å². The number of nitrogens with one attached hydrogen (secondary N) is 1. The van der Waals surface area contributed by atoms with Gasteiger partial charge in [-0.1, -0.05) is 56.0 Å². The first-order chi connectivity index (χ1) is 23.5. The van der Waals surface area contributed by atoms with Gasteiger partial charge in [0, 0.05) is 23.7 Å². The summed E-state index contributed by atoms with van der Waals surface area (Å²) >= 11 is 12.2. The van der Waals surface area contributed by atoms with Gasteiger partial charge in [0.25, 0.3) is 5.91 Å². The smallest absolute Gasteiger partial charge is 0.442 e. The van der Waals surface area contributed by atoms with E-state index < -0.39 is 40.5 Å². The molecule has 0 unspecified atom stereocenters. The zero-order chi connectivity index (χ0) is 36.8. The third kappa shape index (κ3) is 9.40. The molecule has 0 radical (unpaired) electrons. The van der Waals surface area contributed by atoms with Crippen LogP contribution >= 0.6 is 23.2 Å². The summed E-state index contributed by atoms with van der Waals surface area (Å²) in [6, 6.07) is 12.3. The van der Waals surface area contributed by atoms with Crippen LogP contribution in [0.4, 0.5) is 27.6 Å². The molecule has 16 heteroatoms. The minimum atomic E-state index is -4.57. The van der Waals surface area contributed by atoms with Crippen LogP contribution in [0.2, 0.25) is 10.0 Å². The van der Waals surface area contributed by atoms with Gasteiger partial charge in [0.2, 0.25) is 11.8 Å². The number of hydrogen-bond acceptors (Lipinski definition) is 7. The van der Waals surface area contributed by atoms with Gasteiger partial charge in [0.1, 0.15) is 35.3 Å². The third-order valence-electron chi connectivity index (χ3n) is 6.30. The molecule has 9 nitrogen and oxygen atoms in total. The number of carbonyl (C=O) groups is 1. The molecule has 0 spiro atoms. The van der Waals surface area contributed by atoms with Crippen LogP contribution in [0.25, 0.3) is 5.69 Å². The zero-order valence-corrected chi connectivity index (χ0v) is 27.8. The van der Waals surface area contributed by atoms with Gasteiger partial charge >= 0.3 is 11.9 Å². The van der Waals surface area contributed by atoms with Gasteiger partial charge in [0.15, 0.2) is 0 Å². The number of amides is 1. The number of hydrogen-bond donors (Lipinski definition) is 1. The lowest BCUT2D eigenvalue weighted by Gasteiger charge is -2.12. The molecule has 0 bridgehead atoms. The van der Waals surface area contributed by atoms with Gasteiger partial charge in [-0.05, 0) is 48.5 Å². The number of anilines is 1. The number of carbonyl (C=O) groups excluding carboxylic acids is 1. The van der Waals surface area contributed by atoms with Crippen molar-refractivity contribution in [3.8, 4) is 35.4 Å². The summed E-state index contributed by atoms with van der Waals surface area (Å²) in [6.45, 7) is 5.69. The molecule has 5 aromatic rings. The minimum Gasteiger partial charge on any atom is -0.479 e. The second kappa shape index (κ2) is 15.4. The molecule has 0 fully saturated rings. The van der Waals surface area contributed by atoms with Crippen molar-refractivity contribution in [3.05, 3.63) is 122 Å². The predicted molar refractivity (Wildman–Crippen MR) is 175 cm³/mol. The fourth-order valence-corrected chi connectivity index (χ4v) is 4.43. The molecule has 1 N–H and O–H groups in total. The number of terminal acetylenes is 1. The first-order valence-corrected chi connectivity index (χ1v) is 15.0. The summed E-state index contributed by atoms with van der Waals surface area (Å²) in [4.78, 5) is 28.3. The van der Waals surface area contributed by atoms with Crippen LogP contribution in [-0.2, 0) is 11.6 Å². The number of benzene rings is 3. The molecule has 0 aliphatic heterocycles. The minimum absolute atomic E-state index is 0.0434. The highest BCUT2D eigenvalue weighted by molar-refractivity contribution is 6.36. The molecule has 0 saturated heterocycles. The quantitative estimate of drug-likeness (QED) is 0.131. The van der Waals surface area contributed by atoms with Gasteiger partial charge in [-0.25, -0.2) is 18.6 Å². The Balaban J connectivity index is 0.000000232. The predicted octanol–water partition coefficient (Wildman–Crippen LogP) is 8.87. The monoisotopic (exact) mass is 734 g/mol. The molecular weight excluding hydrogens is 710 g/mol. The van der Waals surface area contributed by atoms with E-state index in [4.69, 9.17) is 43.5 Å². The second-order valence-electron chi connectivity index (χ2n) is 11.1. The lowest BCUT2D eigenvalue weighted by atomic mass is 9.97. The van der Waals surface area contributed by atoms with Gasteiger partial charge in [0.05, 0.1) is 27.0 Å². The molecule has 260 valence electrons. The van der Waals surface area contributed by atoms with Gasteiger partial charge in [-0.15, -0.1) is 11.5 Å². The zero-order valence-electron chi connectivity index (χ0n) is 26.2. The SMILES string of the molecule is C#CCOc1cc(-n2nc(C(C)(C)C)oc2=O)c(Cl)cc1Cl.O=C(Nc1ccc(F)cc1F)c1cccnc1Oc1cccc(C(F)(F)F)c1. The van der Waals surface area contributed by atoms with Crippen molar-refractivity contribution in [2.45, 2.75) is 32.4 Å². The van der Waals surface area contributed by atoms with Gasteiger partial charge in [-0.2, -0.15) is 17.9 Å². The number of ether oxygens (including phenoxy) is 2. The van der Waals surface area contributed by atoms with E-state index in [-0.39, 0.29) is 39.5 Å². The maximum absolute atomic E-state index is 13.7. The van der Waals surface area contributed by atoms with Crippen LogP contribution in [0, 0.1) is 24.0 Å². The Kier molecular flexibility index (Phi) is 11.6. The van der Waals surface area contributed by atoms with E-state index in [1.165, 1.54) is 36.5 Å². The van der Waals surface area contributed by atoms with E-state index in [1.807, 2.05) is 20.8 Å². The lowest BCUT2D eigenvalue weighted by molar-refractivity contribution is -0.137. The Bertz CT molecular complexity index is 2120. The summed E-state index contributed by atoms with van der Waals surface area (Å²) in [7, 11) is 0. The van der Waals surface area contributed by atoms with E-state index in [0.717, 1.165) is 35.0 Å². The lowest BCUT2D eigenvalue weighted by Crippen LogP contribution is -2.15. The highest BCUT2D eigenvalue weighted by Gasteiger charge is 2.31. The standard InChI is InChI=1S/C19H11F5N2O2.C15H14Cl2N2O3/c20-12-6-7-16(15(21)10-12)26-17(27)14-5-2-8-25-18(14)28-13-4-1-3-11(9-13)19(22,23)24;1-5-6-21-12-8-11(9(16)7-10(12)17)19-14(20)22-13(18-19)15(2,3)4/h1-10H,(H,26,27);1,7-8H,6H2,2-4H3. The first kappa shape index (κ1) is 37.4. The molecule has 2 aromatic heterocycles. The summed E-state index contributed by atoms with van der Waals surface area (Å²) in [5.74, 6) is -0.790. The number of aromatic nitrogens is 3. The Morgan fingerprint density at radius 2 is 1.76 bits per heavy atom. The fourth-order valence-electron chi connectivity index (χ4n) is 3.92. The van der Waals surface area contributed by atoms with E-state index in [0.29, 0.717) is 23.4 Å². The second-order valence-corrected chi connectivity index (χ2v) is 11.9. The van der Waals surface area contributed by atoms with Crippen molar-refractivity contribution in [1.82, 2.24) is 14.8 Å². The maximum atomic E-state index is 13.7. The van der Waals surface area contributed by atoms with Crippen LogP contribution < -0.4 is 20.5 Å². The van der Waals surface area contributed by atoms with Crippen molar-refractivity contribution in [3.63, 3.8) is 0 Å². The topological polar surface area (TPSA) is 108 Å². The molecule has 50 heavy (non-hydrogen) atoms. The first-order valence-electron chi connectivity index (χ1n) is 14.2. The average Bonchev–Trinajstić information content (AvgIpc) is 3.44. The van der Waals surface area contributed by atoms with Crippen LogP contribution in [0.3, 0.4) is 0 Å². The third-order valence-corrected chi connectivity index (χ3v) is 6.90. The highest BCUT2D eigenvalue weighted by atomic mass is 35.5. The number of nitrogens with zero attached hydrogens (tertiary/aromatic N) is 3. The average molecular weight is 735 g/mol. The van der Waals surface area contributed by atoms with Crippen LogP contribution in [0.15, 0.2) is 82.1 Å². The summed E-state index contributed by atoms with van der Waals surface area (Å²) in [5, 5.41) is 6.95. The molecule has 0 aliphatic carbocycles. The number of alkyl halides is 3. The van der Waals surface area contributed by atoms with Crippen LogP contribution in [0.5, 0.6) is 17.4 Å². The molecular formula is C34H25Cl2F5N4O5. The van der Waals surface area contributed by atoms with E-state index in [2.05, 4.69) is 21.3 Å². The number of pyridine rings is 1. The summed E-state index contributed by atoms with van der Waals surface area (Å²) < 4.78 is 82.1. The largest absolute Gasteiger partial charge is 0.479 e. The van der Waals surface area contributed by atoms with E-state index >= 15 is 0 Å². The van der Waals surface area contributed by atoms with Crippen molar-refractivity contribution < 1.29 is 40.6 Å². The molecule has 3 aromatic carbocycles. The molecule has 5 rings (SSSR count).